The minimum Gasteiger partial charge on any atom is -0.399 e. The van der Waals surface area contributed by atoms with E-state index in [0.29, 0.717) is 18.7 Å². The second kappa shape index (κ2) is 10.3. The van der Waals surface area contributed by atoms with E-state index in [1.807, 2.05) is 36.1 Å². The van der Waals surface area contributed by atoms with Gasteiger partial charge in [0.2, 0.25) is 11.8 Å². The standard InChI is InChI=1S/C19H29N3O2.ClH/c1-3-5-14(2)21-19(24)16-6-4-11-22(13-16)18(23)12-15-7-9-17(20)10-8-15;/h7-10,14,16H,3-6,11-13,20H2,1-2H3,(H,21,24);1H. The second-order valence-corrected chi connectivity index (χ2v) is 6.80. The number of amides is 2. The monoisotopic (exact) mass is 367 g/mol. The van der Waals surface area contributed by atoms with Gasteiger partial charge < -0.3 is 16.0 Å². The first-order valence-corrected chi connectivity index (χ1v) is 8.92. The van der Waals surface area contributed by atoms with Crippen LogP contribution < -0.4 is 11.1 Å². The number of nitrogens with two attached hydrogens (primary N) is 1. The highest BCUT2D eigenvalue weighted by molar-refractivity contribution is 5.85. The molecular formula is C19H30ClN3O2. The molecule has 0 radical (unpaired) electrons. The van der Waals surface area contributed by atoms with Crippen LogP contribution >= 0.6 is 12.4 Å². The van der Waals surface area contributed by atoms with Crippen LogP contribution in [0.1, 0.15) is 45.1 Å². The average Bonchev–Trinajstić information content (AvgIpc) is 2.57. The van der Waals surface area contributed by atoms with Crippen molar-refractivity contribution in [3.05, 3.63) is 29.8 Å². The molecule has 0 saturated carbocycles. The summed E-state index contributed by atoms with van der Waals surface area (Å²) in [7, 11) is 0. The zero-order valence-electron chi connectivity index (χ0n) is 15.2. The number of hydrogen-bond acceptors (Lipinski definition) is 3. The first kappa shape index (κ1) is 21.3. The highest BCUT2D eigenvalue weighted by Crippen LogP contribution is 2.18. The molecule has 0 bridgehead atoms. The number of carbonyl (C=O) groups excluding carboxylic acids is 2. The van der Waals surface area contributed by atoms with E-state index in [4.69, 9.17) is 5.73 Å². The van der Waals surface area contributed by atoms with Gasteiger partial charge in [0.15, 0.2) is 0 Å². The maximum absolute atomic E-state index is 12.5. The number of piperidine rings is 1. The van der Waals surface area contributed by atoms with Crippen LogP contribution in [0.2, 0.25) is 0 Å². The van der Waals surface area contributed by atoms with Crippen molar-refractivity contribution >= 4 is 29.9 Å². The highest BCUT2D eigenvalue weighted by atomic mass is 35.5. The van der Waals surface area contributed by atoms with Gasteiger partial charge in [-0.25, -0.2) is 0 Å². The normalized spacial score (nSPS) is 18.2. The molecule has 2 unspecified atom stereocenters. The van der Waals surface area contributed by atoms with Gasteiger partial charge in [0.1, 0.15) is 0 Å². The summed E-state index contributed by atoms with van der Waals surface area (Å²) < 4.78 is 0. The zero-order valence-corrected chi connectivity index (χ0v) is 16.0. The summed E-state index contributed by atoms with van der Waals surface area (Å²) in [6.07, 6.45) is 4.14. The number of nitrogens with one attached hydrogen (secondary N) is 1. The number of rotatable bonds is 6. The summed E-state index contributed by atoms with van der Waals surface area (Å²) in [5.74, 6) is 0.0771. The molecule has 3 N–H and O–H groups in total. The van der Waals surface area contributed by atoms with Crippen molar-refractivity contribution in [2.45, 2.75) is 52.0 Å². The lowest BCUT2D eigenvalue weighted by Crippen LogP contribution is -2.47. The smallest absolute Gasteiger partial charge is 0.227 e. The van der Waals surface area contributed by atoms with Crippen molar-refractivity contribution in [1.82, 2.24) is 10.2 Å². The fourth-order valence-corrected chi connectivity index (χ4v) is 3.21. The van der Waals surface area contributed by atoms with E-state index in [2.05, 4.69) is 12.2 Å². The number of nitrogens with zero attached hydrogens (tertiary/aromatic N) is 1. The Morgan fingerprint density at radius 3 is 2.64 bits per heavy atom. The Labute approximate surface area is 156 Å². The Balaban J connectivity index is 0.00000312. The number of nitrogen functional groups attached to an aromatic ring is 1. The van der Waals surface area contributed by atoms with E-state index >= 15 is 0 Å². The van der Waals surface area contributed by atoms with E-state index in [1.54, 1.807) is 0 Å². The molecule has 1 fully saturated rings. The van der Waals surface area contributed by atoms with Gasteiger partial charge >= 0.3 is 0 Å². The molecule has 140 valence electrons. The minimum absolute atomic E-state index is 0. The third-order valence-corrected chi connectivity index (χ3v) is 4.59. The van der Waals surface area contributed by atoms with Gasteiger partial charge in [0.25, 0.3) is 0 Å². The van der Waals surface area contributed by atoms with Gasteiger partial charge in [-0.3, -0.25) is 9.59 Å². The molecule has 0 spiro atoms. The molecule has 1 aliphatic heterocycles. The van der Waals surface area contributed by atoms with Crippen LogP contribution in [-0.4, -0.2) is 35.8 Å². The molecule has 1 heterocycles. The molecule has 1 aromatic rings. The number of carbonyl (C=O) groups is 2. The van der Waals surface area contributed by atoms with Crippen molar-refractivity contribution in [2.24, 2.45) is 5.92 Å². The van der Waals surface area contributed by atoms with Crippen molar-refractivity contribution in [2.75, 3.05) is 18.8 Å². The van der Waals surface area contributed by atoms with Crippen LogP contribution in [0.15, 0.2) is 24.3 Å². The Kier molecular flexibility index (Phi) is 8.76. The summed E-state index contributed by atoms with van der Waals surface area (Å²) in [6, 6.07) is 7.58. The van der Waals surface area contributed by atoms with Gasteiger partial charge in [0, 0.05) is 24.8 Å². The second-order valence-electron chi connectivity index (χ2n) is 6.80. The van der Waals surface area contributed by atoms with Crippen LogP contribution in [0.4, 0.5) is 5.69 Å². The third kappa shape index (κ3) is 6.58. The molecule has 1 aliphatic rings. The lowest BCUT2D eigenvalue weighted by molar-refractivity contribution is -0.135. The van der Waals surface area contributed by atoms with Gasteiger partial charge in [0.05, 0.1) is 12.3 Å². The SMILES string of the molecule is CCCC(C)NC(=O)C1CCCN(C(=O)Cc2ccc(N)cc2)C1.Cl. The number of likely N-dealkylation sites (tertiary alicyclic amines) is 1. The average molecular weight is 368 g/mol. The zero-order chi connectivity index (χ0) is 17.5. The summed E-state index contributed by atoms with van der Waals surface area (Å²) in [5, 5.41) is 3.08. The Hall–Kier alpha value is -1.75. The molecule has 2 rings (SSSR count). The van der Waals surface area contributed by atoms with E-state index < -0.39 is 0 Å². The maximum Gasteiger partial charge on any atom is 0.227 e. The summed E-state index contributed by atoms with van der Waals surface area (Å²) in [6.45, 7) is 5.41. The first-order valence-electron chi connectivity index (χ1n) is 8.92. The molecule has 6 heteroatoms. The Bertz CT molecular complexity index is 562. The Morgan fingerprint density at radius 2 is 2.00 bits per heavy atom. The van der Waals surface area contributed by atoms with E-state index in [1.165, 1.54) is 0 Å². The largest absolute Gasteiger partial charge is 0.399 e. The fraction of sp³-hybridized carbons (Fsp3) is 0.579. The highest BCUT2D eigenvalue weighted by Gasteiger charge is 2.28. The predicted octanol–water partition coefficient (Wildman–Crippen LogP) is 2.78. The van der Waals surface area contributed by atoms with Gasteiger partial charge in [-0.05, 0) is 43.9 Å². The molecule has 0 aliphatic carbocycles. The lowest BCUT2D eigenvalue weighted by atomic mass is 9.96. The Morgan fingerprint density at radius 1 is 1.32 bits per heavy atom. The summed E-state index contributed by atoms with van der Waals surface area (Å²) in [4.78, 5) is 26.7. The summed E-state index contributed by atoms with van der Waals surface area (Å²) >= 11 is 0. The third-order valence-electron chi connectivity index (χ3n) is 4.59. The van der Waals surface area contributed by atoms with E-state index in [9.17, 15) is 9.59 Å². The molecule has 0 aromatic heterocycles. The molecule has 5 nitrogen and oxygen atoms in total. The number of hydrogen-bond donors (Lipinski definition) is 2. The quantitative estimate of drug-likeness (QED) is 0.759. The molecule has 1 aromatic carbocycles. The molecular weight excluding hydrogens is 338 g/mol. The molecule has 2 atom stereocenters. The van der Waals surface area contributed by atoms with Crippen molar-refractivity contribution in [3.63, 3.8) is 0 Å². The molecule has 1 saturated heterocycles. The molecule has 2 amide bonds. The van der Waals surface area contributed by atoms with Crippen LogP contribution in [0.3, 0.4) is 0 Å². The maximum atomic E-state index is 12.5. The number of benzene rings is 1. The fourth-order valence-electron chi connectivity index (χ4n) is 3.21. The van der Waals surface area contributed by atoms with Gasteiger partial charge in [-0.1, -0.05) is 25.5 Å². The van der Waals surface area contributed by atoms with Crippen LogP contribution in [0, 0.1) is 5.92 Å². The van der Waals surface area contributed by atoms with Crippen LogP contribution in [0.5, 0.6) is 0 Å². The molecule has 25 heavy (non-hydrogen) atoms. The first-order chi connectivity index (χ1) is 11.5. The topological polar surface area (TPSA) is 75.4 Å². The minimum atomic E-state index is -0.0894. The van der Waals surface area contributed by atoms with Crippen LogP contribution in [0.25, 0.3) is 0 Å². The van der Waals surface area contributed by atoms with Crippen molar-refractivity contribution in [3.8, 4) is 0 Å². The van der Waals surface area contributed by atoms with E-state index in [0.717, 1.165) is 37.8 Å². The van der Waals surface area contributed by atoms with Crippen LogP contribution in [-0.2, 0) is 16.0 Å². The lowest BCUT2D eigenvalue weighted by Gasteiger charge is -2.32. The van der Waals surface area contributed by atoms with E-state index in [-0.39, 0.29) is 36.2 Å². The van der Waals surface area contributed by atoms with Gasteiger partial charge in [-0.15, -0.1) is 12.4 Å². The van der Waals surface area contributed by atoms with Gasteiger partial charge in [-0.2, -0.15) is 0 Å². The predicted molar refractivity (Wildman–Crippen MR) is 104 cm³/mol. The summed E-state index contributed by atoms with van der Waals surface area (Å²) in [5.41, 5.74) is 7.33. The van der Waals surface area contributed by atoms with Crippen molar-refractivity contribution in [1.29, 1.82) is 0 Å². The number of halogens is 1. The number of anilines is 1. The van der Waals surface area contributed by atoms with Crippen molar-refractivity contribution < 1.29 is 9.59 Å².